The first-order valence-corrected chi connectivity index (χ1v) is 4.32. The monoisotopic (exact) mass is 153 g/mol. The molecule has 0 aliphatic carbocycles. The van der Waals surface area contributed by atoms with Gasteiger partial charge in [-0.25, -0.2) is 0 Å². The molecule has 0 saturated heterocycles. The van der Waals surface area contributed by atoms with Gasteiger partial charge in [-0.3, -0.25) is 4.99 Å². The molecule has 1 nitrogen and oxygen atoms in total. The summed E-state index contributed by atoms with van der Waals surface area (Å²) in [4.78, 5) is 4.18. The molecule has 0 N–H and O–H groups in total. The van der Waals surface area contributed by atoms with Crippen LogP contribution in [0.15, 0.2) is 17.1 Å². The standard InChI is InChI=1S/C10H19N/c1-5-10(9(3)4)7-8-11-6-2/h6,10H,3,5,7-8H2,1-2,4H3/t10-/m1/s1. The van der Waals surface area contributed by atoms with Gasteiger partial charge < -0.3 is 0 Å². The molecule has 0 aromatic carbocycles. The maximum atomic E-state index is 4.18. The molecule has 0 aliphatic heterocycles. The van der Waals surface area contributed by atoms with Crippen molar-refractivity contribution in [2.24, 2.45) is 10.9 Å². The van der Waals surface area contributed by atoms with E-state index in [9.17, 15) is 0 Å². The van der Waals surface area contributed by atoms with Gasteiger partial charge in [-0.2, -0.15) is 0 Å². The van der Waals surface area contributed by atoms with E-state index in [1.165, 1.54) is 12.0 Å². The van der Waals surface area contributed by atoms with E-state index in [4.69, 9.17) is 0 Å². The third kappa shape index (κ3) is 4.77. The number of hydrogen-bond donors (Lipinski definition) is 0. The average molecular weight is 153 g/mol. The zero-order valence-corrected chi connectivity index (χ0v) is 7.93. The van der Waals surface area contributed by atoms with E-state index in [0.29, 0.717) is 5.92 Å². The van der Waals surface area contributed by atoms with E-state index < -0.39 is 0 Å². The highest BCUT2D eigenvalue weighted by Crippen LogP contribution is 2.16. The minimum atomic E-state index is 0.665. The molecule has 0 aliphatic rings. The third-order valence-corrected chi connectivity index (χ3v) is 1.98. The van der Waals surface area contributed by atoms with Crippen molar-refractivity contribution < 1.29 is 0 Å². The van der Waals surface area contributed by atoms with Gasteiger partial charge in [0, 0.05) is 6.54 Å². The fraction of sp³-hybridized carbons (Fsp3) is 0.700. The molecule has 0 unspecified atom stereocenters. The molecule has 64 valence electrons. The van der Waals surface area contributed by atoms with Crippen molar-refractivity contribution in [2.45, 2.75) is 33.6 Å². The maximum Gasteiger partial charge on any atom is 0.0390 e. The van der Waals surface area contributed by atoms with Crippen molar-refractivity contribution in [3.05, 3.63) is 12.2 Å². The first-order chi connectivity index (χ1) is 5.22. The van der Waals surface area contributed by atoms with Gasteiger partial charge in [0.25, 0.3) is 0 Å². The topological polar surface area (TPSA) is 12.4 Å². The second-order valence-electron chi connectivity index (χ2n) is 2.90. The molecule has 11 heavy (non-hydrogen) atoms. The second kappa shape index (κ2) is 6.14. The van der Waals surface area contributed by atoms with Crippen molar-refractivity contribution in [2.75, 3.05) is 6.54 Å². The predicted molar refractivity (Wildman–Crippen MR) is 52.2 cm³/mol. The molecule has 0 aromatic rings. The SMILES string of the molecule is C=C(C)[C@H](CC)CCN=CC. The van der Waals surface area contributed by atoms with Crippen molar-refractivity contribution in [1.82, 2.24) is 0 Å². The van der Waals surface area contributed by atoms with Crippen LogP contribution in [0.1, 0.15) is 33.6 Å². The van der Waals surface area contributed by atoms with Crippen LogP contribution in [0.2, 0.25) is 0 Å². The smallest absolute Gasteiger partial charge is 0.0390 e. The van der Waals surface area contributed by atoms with Gasteiger partial charge in [-0.1, -0.05) is 19.1 Å². The normalized spacial score (nSPS) is 13.7. The van der Waals surface area contributed by atoms with Crippen LogP contribution in [0.25, 0.3) is 0 Å². The van der Waals surface area contributed by atoms with Gasteiger partial charge in [0.1, 0.15) is 0 Å². The number of rotatable bonds is 5. The van der Waals surface area contributed by atoms with E-state index in [1.807, 2.05) is 13.1 Å². The highest BCUT2D eigenvalue weighted by Gasteiger charge is 2.04. The summed E-state index contributed by atoms with van der Waals surface area (Å²) in [5, 5.41) is 0. The van der Waals surface area contributed by atoms with E-state index in [2.05, 4.69) is 25.4 Å². The summed E-state index contributed by atoms with van der Waals surface area (Å²) in [5.41, 5.74) is 1.29. The lowest BCUT2D eigenvalue weighted by molar-refractivity contribution is 0.553. The van der Waals surface area contributed by atoms with Crippen molar-refractivity contribution in [1.29, 1.82) is 0 Å². The summed E-state index contributed by atoms with van der Waals surface area (Å²) in [6, 6.07) is 0. The molecule has 0 aromatic heterocycles. The van der Waals surface area contributed by atoms with Gasteiger partial charge >= 0.3 is 0 Å². The molecule has 0 fully saturated rings. The van der Waals surface area contributed by atoms with E-state index in [0.717, 1.165) is 13.0 Å². The molecule has 1 atom stereocenters. The third-order valence-electron chi connectivity index (χ3n) is 1.98. The zero-order valence-electron chi connectivity index (χ0n) is 7.93. The molecule has 0 bridgehead atoms. The van der Waals surface area contributed by atoms with Crippen LogP contribution in [0.3, 0.4) is 0 Å². The van der Waals surface area contributed by atoms with Gasteiger partial charge in [-0.05, 0) is 38.8 Å². The average Bonchev–Trinajstić information content (AvgIpc) is 1.97. The van der Waals surface area contributed by atoms with E-state index in [-0.39, 0.29) is 0 Å². The lowest BCUT2D eigenvalue weighted by Crippen LogP contribution is -2.01. The Morgan fingerprint density at radius 2 is 2.27 bits per heavy atom. The minimum absolute atomic E-state index is 0.665. The molecule has 0 amide bonds. The maximum absolute atomic E-state index is 4.18. The summed E-state index contributed by atoms with van der Waals surface area (Å²) in [6.07, 6.45) is 4.20. The molecule has 0 rings (SSSR count). The quantitative estimate of drug-likeness (QED) is 0.425. The van der Waals surface area contributed by atoms with Crippen molar-refractivity contribution >= 4 is 6.21 Å². The Morgan fingerprint density at radius 1 is 1.64 bits per heavy atom. The summed E-state index contributed by atoms with van der Waals surface area (Å²) < 4.78 is 0. The Labute approximate surface area is 70.2 Å². The fourth-order valence-electron chi connectivity index (χ4n) is 1.16. The lowest BCUT2D eigenvalue weighted by Gasteiger charge is -2.12. The van der Waals surface area contributed by atoms with Gasteiger partial charge in [-0.15, -0.1) is 0 Å². The molecule has 0 radical (unpaired) electrons. The number of aliphatic imine (C=N–C) groups is 1. The number of allylic oxidation sites excluding steroid dienone is 1. The Bertz CT molecular complexity index is 136. The zero-order chi connectivity index (χ0) is 8.69. The second-order valence-corrected chi connectivity index (χ2v) is 2.90. The van der Waals surface area contributed by atoms with Crippen LogP contribution in [0.4, 0.5) is 0 Å². The number of hydrogen-bond acceptors (Lipinski definition) is 1. The van der Waals surface area contributed by atoms with Crippen molar-refractivity contribution in [3.8, 4) is 0 Å². The number of nitrogens with zero attached hydrogens (tertiary/aromatic N) is 1. The van der Waals surface area contributed by atoms with Crippen LogP contribution in [-0.2, 0) is 0 Å². The largest absolute Gasteiger partial charge is 0.298 e. The Kier molecular flexibility index (Phi) is 5.81. The first kappa shape index (κ1) is 10.4. The first-order valence-electron chi connectivity index (χ1n) is 4.32. The van der Waals surface area contributed by atoms with E-state index >= 15 is 0 Å². The summed E-state index contributed by atoms with van der Waals surface area (Å²) >= 11 is 0. The molecule has 0 saturated carbocycles. The van der Waals surface area contributed by atoms with Crippen LogP contribution in [0.5, 0.6) is 0 Å². The van der Waals surface area contributed by atoms with Gasteiger partial charge in [0.05, 0.1) is 0 Å². The highest BCUT2D eigenvalue weighted by atomic mass is 14.7. The fourth-order valence-corrected chi connectivity index (χ4v) is 1.16. The van der Waals surface area contributed by atoms with Gasteiger partial charge in [0.2, 0.25) is 0 Å². The molecule has 0 heterocycles. The predicted octanol–water partition coefficient (Wildman–Crippen LogP) is 3.07. The van der Waals surface area contributed by atoms with Crippen LogP contribution in [-0.4, -0.2) is 12.8 Å². The summed E-state index contributed by atoms with van der Waals surface area (Å²) in [7, 11) is 0. The molecule has 1 heteroatoms. The Morgan fingerprint density at radius 3 is 2.64 bits per heavy atom. The minimum Gasteiger partial charge on any atom is -0.298 e. The van der Waals surface area contributed by atoms with Crippen LogP contribution >= 0.6 is 0 Å². The summed E-state index contributed by atoms with van der Waals surface area (Å²) in [6.45, 7) is 11.2. The Balaban J connectivity index is 3.61. The molecular weight excluding hydrogens is 134 g/mol. The highest BCUT2D eigenvalue weighted by molar-refractivity contribution is 5.53. The van der Waals surface area contributed by atoms with Crippen LogP contribution < -0.4 is 0 Å². The molecular formula is C10H19N. The molecule has 0 spiro atoms. The Hall–Kier alpha value is -0.590. The van der Waals surface area contributed by atoms with Crippen molar-refractivity contribution in [3.63, 3.8) is 0 Å². The van der Waals surface area contributed by atoms with Gasteiger partial charge in [0.15, 0.2) is 0 Å². The summed E-state index contributed by atoms with van der Waals surface area (Å²) in [5.74, 6) is 0.665. The van der Waals surface area contributed by atoms with Crippen LogP contribution in [0, 0.1) is 5.92 Å². The van der Waals surface area contributed by atoms with E-state index in [1.54, 1.807) is 0 Å². The lowest BCUT2D eigenvalue weighted by atomic mass is 9.96.